The van der Waals surface area contributed by atoms with Gasteiger partial charge >= 0.3 is 0 Å². The van der Waals surface area contributed by atoms with Gasteiger partial charge in [0.2, 0.25) is 23.5 Å². The van der Waals surface area contributed by atoms with E-state index >= 15 is 0 Å². The number of carbonyl (C=O) groups is 3. The third-order valence-electron chi connectivity index (χ3n) is 5.95. The van der Waals surface area contributed by atoms with Crippen molar-refractivity contribution in [3.8, 4) is 11.5 Å². The maximum absolute atomic E-state index is 13.5. The topological polar surface area (TPSA) is 136 Å². The Hall–Kier alpha value is -3.78. The third-order valence-corrected chi connectivity index (χ3v) is 5.95. The average molecular weight is 478 g/mol. The van der Waals surface area contributed by atoms with Crippen LogP contribution in [0.3, 0.4) is 0 Å². The summed E-state index contributed by atoms with van der Waals surface area (Å²) in [4.78, 5) is 42.1. The van der Waals surface area contributed by atoms with E-state index in [2.05, 4.69) is 10.3 Å². The molecule has 1 unspecified atom stereocenters. The number of aryl methyl sites for hydroxylation is 1. The molecule has 0 aliphatic rings. The van der Waals surface area contributed by atoms with E-state index in [1.165, 1.54) is 0 Å². The first kappa shape index (κ1) is 25.8. The average Bonchev–Trinajstić information content (AvgIpc) is 3.30. The monoisotopic (exact) mass is 477 g/mol. The molecule has 0 bridgehead atoms. The zero-order valence-electron chi connectivity index (χ0n) is 20.0. The van der Waals surface area contributed by atoms with Gasteiger partial charge in [0.1, 0.15) is 5.69 Å². The first-order valence-corrected chi connectivity index (χ1v) is 11.5. The number of benzene rings is 2. The van der Waals surface area contributed by atoms with Crippen molar-refractivity contribution in [2.45, 2.75) is 52.2 Å². The highest BCUT2D eigenvalue weighted by Gasteiger charge is 2.30. The Labute approximate surface area is 204 Å². The molecule has 1 aromatic heterocycles. The molecule has 1 atom stereocenters. The second kappa shape index (κ2) is 11.6. The van der Waals surface area contributed by atoms with Crippen molar-refractivity contribution >= 4 is 17.6 Å². The Kier molecular flexibility index (Phi) is 8.54. The van der Waals surface area contributed by atoms with Crippen molar-refractivity contribution < 1.29 is 23.9 Å². The molecule has 2 amide bonds. The molecule has 0 radical (unpaired) electrons. The second-order valence-electron chi connectivity index (χ2n) is 9.08. The number of nitrogens with one attached hydrogen (secondary N) is 1. The number of ketones is 1. The van der Waals surface area contributed by atoms with Crippen molar-refractivity contribution in [1.29, 1.82) is 0 Å². The summed E-state index contributed by atoms with van der Waals surface area (Å²) in [5.41, 5.74) is 6.36. The molecule has 0 spiro atoms. The molecule has 35 heavy (non-hydrogen) atoms. The minimum atomic E-state index is -0.902. The fraction of sp³-hybridized carbons (Fsp3) is 0.333. The van der Waals surface area contributed by atoms with Gasteiger partial charge in [-0.05, 0) is 37.0 Å². The van der Waals surface area contributed by atoms with Crippen LogP contribution in [0.1, 0.15) is 54.9 Å². The number of hydrogen-bond donors (Lipinski definition) is 3. The molecule has 0 aliphatic heterocycles. The summed E-state index contributed by atoms with van der Waals surface area (Å²) in [5.74, 6) is -1.21. The maximum atomic E-state index is 13.5. The Balaban J connectivity index is 1.82. The lowest BCUT2D eigenvalue weighted by molar-refractivity contribution is -0.127. The van der Waals surface area contributed by atoms with Crippen LogP contribution in [0.2, 0.25) is 0 Å². The van der Waals surface area contributed by atoms with Crippen LogP contribution in [0.15, 0.2) is 65.1 Å². The molecule has 0 fully saturated rings. The largest absolute Gasteiger partial charge is 0.433 e. The summed E-state index contributed by atoms with van der Waals surface area (Å²) in [5, 5.41) is 12.6. The number of hydrogen-bond acceptors (Lipinski definition) is 6. The molecule has 1 heterocycles. The van der Waals surface area contributed by atoms with E-state index in [1.54, 1.807) is 26.0 Å². The third kappa shape index (κ3) is 6.86. The first-order chi connectivity index (χ1) is 16.7. The van der Waals surface area contributed by atoms with Gasteiger partial charge in [0.25, 0.3) is 0 Å². The molecule has 8 heteroatoms. The smallest absolute Gasteiger partial charge is 0.227 e. The quantitative estimate of drug-likeness (QED) is 0.342. The highest BCUT2D eigenvalue weighted by atomic mass is 16.4. The normalized spacial score (nSPS) is 12.2. The molecule has 184 valence electrons. The van der Waals surface area contributed by atoms with Crippen LogP contribution in [0.4, 0.5) is 0 Å². The Morgan fingerprint density at radius 1 is 1.06 bits per heavy atom. The van der Waals surface area contributed by atoms with Crippen molar-refractivity contribution in [3.05, 3.63) is 77.7 Å². The summed E-state index contributed by atoms with van der Waals surface area (Å²) in [6, 6.07) is 17.8. The van der Waals surface area contributed by atoms with Crippen molar-refractivity contribution in [1.82, 2.24) is 10.3 Å². The zero-order chi connectivity index (χ0) is 25.4. The first-order valence-electron chi connectivity index (χ1n) is 11.5. The van der Waals surface area contributed by atoms with Gasteiger partial charge in [-0.15, -0.1) is 0 Å². The highest BCUT2D eigenvalue weighted by molar-refractivity contribution is 6.01. The predicted octanol–water partition coefficient (Wildman–Crippen LogP) is 3.43. The number of carbonyl (C=O) groups excluding carboxylic acids is 3. The Bertz CT molecular complexity index is 1160. The maximum Gasteiger partial charge on any atom is 0.227 e. The van der Waals surface area contributed by atoms with Gasteiger partial charge < -0.3 is 20.6 Å². The number of aliphatic hydroxyl groups is 1. The zero-order valence-corrected chi connectivity index (χ0v) is 20.0. The van der Waals surface area contributed by atoms with Gasteiger partial charge in [-0.2, -0.15) is 0 Å². The number of nitrogens with zero attached hydrogens (tertiary/aromatic N) is 1. The summed E-state index contributed by atoms with van der Waals surface area (Å²) in [6.07, 6.45) is 1.14. The predicted molar refractivity (Wildman–Crippen MR) is 131 cm³/mol. The number of Topliss-reactive ketones (excluding diaryl/α,β-unsaturated/α-hetero) is 1. The number of amides is 2. The number of aromatic nitrogens is 1. The van der Waals surface area contributed by atoms with Gasteiger partial charge in [-0.25, -0.2) is 4.98 Å². The number of nitrogens with two attached hydrogens (primary N) is 1. The summed E-state index contributed by atoms with van der Waals surface area (Å²) in [7, 11) is 0. The molecule has 0 saturated carbocycles. The lowest BCUT2D eigenvalue weighted by Crippen LogP contribution is -2.42. The van der Waals surface area contributed by atoms with Crippen LogP contribution in [0, 0.1) is 5.41 Å². The fourth-order valence-corrected chi connectivity index (χ4v) is 3.55. The van der Waals surface area contributed by atoms with Crippen LogP contribution in [-0.2, 0) is 22.6 Å². The van der Waals surface area contributed by atoms with E-state index in [9.17, 15) is 19.5 Å². The minimum Gasteiger partial charge on any atom is -0.433 e. The molecular formula is C27H31N3O5. The Morgan fingerprint density at radius 2 is 1.69 bits per heavy atom. The molecular weight excluding hydrogens is 446 g/mol. The van der Waals surface area contributed by atoms with Crippen LogP contribution in [-0.4, -0.2) is 33.7 Å². The fourth-order valence-electron chi connectivity index (χ4n) is 3.55. The van der Waals surface area contributed by atoms with Crippen LogP contribution >= 0.6 is 0 Å². The van der Waals surface area contributed by atoms with E-state index in [1.807, 2.05) is 48.5 Å². The van der Waals surface area contributed by atoms with Crippen molar-refractivity contribution in [2.75, 3.05) is 0 Å². The molecule has 4 N–H and O–H groups in total. The molecule has 3 aromatic rings. The lowest BCUT2D eigenvalue weighted by atomic mass is 9.87. The van der Waals surface area contributed by atoms with Gasteiger partial charge in [0.05, 0.1) is 12.6 Å². The van der Waals surface area contributed by atoms with Crippen LogP contribution in [0.5, 0.6) is 0 Å². The number of rotatable bonds is 12. The van der Waals surface area contributed by atoms with Gasteiger partial charge in [0.15, 0.2) is 5.76 Å². The van der Waals surface area contributed by atoms with Crippen LogP contribution < -0.4 is 11.1 Å². The van der Waals surface area contributed by atoms with E-state index in [0.717, 1.165) is 5.56 Å². The number of aliphatic hydroxyl groups excluding tert-OH is 1. The summed E-state index contributed by atoms with van der Waals surface area (Å²) in [6.45, 7) is 2.87. The SMILES string of the molecule is CC(C)(CCC(=O)NC(CCc1ccccc1)C(=O)c1oc(-c2ccccc2)nc1CO)C(N)=O. The molecule has 0 saturated heterocycles. The summed E-state index contributed by atoms with van der Waals surface area (Å²) < 4.78 is 5.78. The number of oxazole rings is 1. The van der Waals surface area contributed by atoms with E-state index in [0.29, 0.717) is 18.4 Å². The molecule has 0 aliphatic carbocycles. The standard InChI is InChI=1S/C27H31N3O5/c1-27(2,26(28)34)16-15-22(32)29-20(14-13-18-9-5-3-6-10-18)23(33)24-21(17-31)30-25(35-24)19-11-7-4-8-12-19/h3-12,20,31H,13-17H2,1-2H3,(H2,28,34)(H,29,32). The molecule has 2 aromatic carbocycles. The van der Waals surface area contributed by atoms with Crippen molar-refractivity contribution in [2.24, 2.45) is 11.1 Å². The van der Waals surface area contributed by atoms with Crippen molar-refractivity contribution in [3.63, 3.8) is 0 Å². The number of primary amides is 1. The van der Waals surface area contributed by atoms with Crippen LogP contribution in [0.25, 0.3) is 11.5 Å². The summed E-state index contributed by atoms with van der Waals surface area (Å²) >= 11 is 0. The lowest BCUT2D eigenvalue weighted by Gasteiger charge is -2.21. The minimum absolute atomic E-state index is 0.0313. The second-order valence-corrected chi connectivity index (χ2v) is 9.08. The van der Waals surface area contributed by atoms with Gasteiger partial charge in [0, 0.05) is 17.4 Å². The highest BCUT2D eigenvalue weighted by Crippen LogP contribution is 2.25. The molecule has 8 nitrogen and oxygen atoms in total. The van der Waals surface area contributed by atoms with E-state index < -0.39 is 29.8 Å². The van der Waals surface area contributed by atoms with E-state index in [4.69, 9.17) is 10.2 Å². The van der Waals surface area contributed by atoms with Gasteiger partial charge in [-0.1, -0.05) is 62.4 Å². The van der Waals surface area contributed by atoms with Gasteiger partial charge in [-0.3, -0.25) is 14.4 Å². The Morgan fingerprint density at radius 3 is 2.29 bits per heavy atom. The molecule has 3 rings (SSSR count). The van der Waals surface area contributed by atoms with E-state index in [-0.39, 0.29) is 36.1 Å².